The summed E-state index contributed by atoms with van der Waals surface area (Å²) in [6.45, 7) is 1.97. The first-order valence-electron chi connectivity index (χ1n) is 16.8. The standard InChI is InChI=1S/C32H66NO7P/c1-5-6-7-8-9-10-11-12-13-14-15-16-17-18-19-20-21-22-23-24-25-26-32(35)38-29-31(34)30-40-41(36,37)39-28-27-33(2,3)4/h31,34H,5-30H2,1-4H3. The normalized spacial score (nSPS) is 14.2. The number of unbranched alkanes of at least 4 members (excludes halogenated alkanes) is 20. The Morgan fingerprint density at radius 2 is 1.07 bits per heavy atom. The molecule has 0 saturated heterocycles. The summed E-state index contributed by atoms with van der Waals surface area (Å²) in [6, 6.07) is 0. The molecule has 0 aliphatic heterocycles. The largest absolute Gasteiger partial charge is 0.756 e. The zero-order valence-electron chi connectivity index (χ0n) is 27.3. The molecule has 8 nitrogen and oxygen atoms in total. The molecule has 2 unspecified atom stereocenters. The average Bonchev–Trinajstić information content (AvgIpc) is 2.90. The molecule has 0 heterocycles. The van der Waals surface area contributed by atoms with E-state index in [0.29, 0.717) is 17.4 Å². The number of phosphoric acid groups is 1. The maximum atomic E-state index is 11.9. The summed E-state index contributed by atoms with van der Waals surface area (Å²) in [5, 5.41) is 9.84. The van der Waals surface area contributed by atoms with E-state index in [0.717, 1.165) is 19.3 Å². The molecule has 0 amide bonds. The van der Waals surface area contributed by atoms with E-state index in [2.05, 4.69) is 11.4 Å². The molecular weight excluding hydrogens is 541 g/mol. The molecule has 246 valence electrons. The third-order valence-corrected chi connectivity index (χ3v) is 8.32. The topological polar surface area (TPSA) is 105 Å². The number of esters is 1. The summed E-state index contributed by atoms with van der Waals surface area (Å²) < 4.78 is 26.8. The number of phosphoric ester groups is 1. The Kier molecular flexibility index (Phi) is 26.7. The molecule has 9 heteroatoms. The van der Waals surface area contributed by atoms with Crippen molar-refractivity contribution in [1.82, 2.24) is 0 Å². The van der Waals surface area contributed by atoms with Crippen LogP contribution in [-0.2, 0) is 23.1 Å². The molecule has 0 aromatic heterocycles. The smallest absolute Gasteiger partial charge is 0.305 e. The summed E-state index contributed by atoms with van der Waals surface area (Å²) in [6.07, 6.45) is 26.8. The fraction of sp³-hybridized carbons (Fsp3) is 0.969. The second-order valence-corrected chi connectivity index (χ2v) is 14.2. The number of carbonyl (C=O) groups is 1. The van der Waals surface area contributed by atoms with Gasteiger partial charge in [0.2, 0.25) is 0 Å². The third kappa shape index (κ3) is 32.3. The van der Waals surface area contributed by atoms with Gasteiger partial charge in [-0.2, -0.15) is 0 Å². The molecule has 0 bridgehead atoms. The number of carbonyl (C=O) groups excluding carboxylic acids is 1. The van der Waals surface area contributed by atoms with Crippen molar-refractivity contribution in [3.8, 4) is 0 Å². The van der Waals surface area contributed by atoms with Crippen molar-refractivity contribution in [1.29, 1.82) is 0 Å². The Morgan fingerprint density at radius 3 is 1.46 bits per heavy atom. The number of quaternary nitrogens is 1. The van der Waals surface area contributed by atoms with E-state index in [4.69, 9.17) is 9.26 Å². The van der Waals surface area contributed by atoms with Crippen LogP contribution in [0.2, 0.25) is 0 Å². The van der Waals surface area contributed by atoms with E-state index in [1.165, 1.54) is 116 Å². The Morgan fingerprint density at radius 1 is 0.683 bits per heavy atom. The lowest BCUT2D eigenvalue weighted by atomic mass is 10.0. The Bertz CT molecular complexity index is 642. The first-order chi connectivity index (χ1) is 19.6. The van der Waals surface area contributed by atoms with Gasteiger partial charge in [-0.15, -0.1) is 0 Å². The van der Waals surface area contributed by atoms with E-state index in [1.807, 2.05) is 21.1 Å². The fourth-order valence-electron chi connectivity index (χ4n) is 4.65. The molecule has 41 heavy (non-hydrogen) atoms. The predicted octanol–water partition coefficient (Wildman–Crippen LogP) is 7.70. The lowest BCUT2D eigenvalue weighted by molar-refractivity contribution is -0.870. The SMILES string of the molecule is CCCCCCCCCCCCCCCCCCCCCCCC(=O)OCC(O)COP(=O)([O-])OCC[N+](C)(C)C. The summed E-state index contributed by atoms with van der Waals surface area (Å²) in [7, 11) is 1.26. The number of ether oxygens (including phenoxy) is 1. The van der Waals surface area contributed by atoms with Crippen molar-refractivity contribution in [2.75, 3.05) is 47.5 Å². The Labute approximate surface area is 253 Å². The molecule has 0 aromatic carbocycles. The molecule has 0 fully saturated rings. The molecule has 0 saturated carbocycles. The summed E-state index contributed by atoms with van der Waals surface area (Å²) >= 11 is 0. The molecular formula is C32H66NO7P. The number of rotatable bonds is 31. The van der Waals surface area contributed by atoms with E-state index >= 15 is 0 Å². The first-order valence-corrected chi connectivity index (χ1v) is 18.3. The van der Waals surface area contributed by atoms with Gasteiger partial charge in [-0.1, -0.05) is 135 Å². The van der Waals surface area contributed by atoms with Crippen LogP contribution >= 0.6 is 7.82 Å². The van der Waals surface area contributed by atoms with Gasteiger partial charge in [0.25, 0.3) is 7.82 Å². The zero-order chi connectivity index (χ0) is 30.7. The van der Waals surface area contributed by atoms with Gasteiger partial charge < -0.3 is 28.3 Å². The summed E-state index contributed by atoms with van der Waals surface area (Å²) in [5.41, 5.74) is 0. The average molecular weight is 608 g/mol. The van der Waals surface area contributed by atoms with Gasteiger partial charge in [-0.05, 0) is 6.42 Å². The highest BCUT2D eigenvalue weighted by Crippen LogP contribution is 2.38. The molecule has 1 N–H and O–H groups in total. The second kappa shape index (κ2) is 27.1. The Hall–Kier alpha value is -0.500. The van der Waals surface area contributed by atoms with Gasteiger partial charge >= 0.3 is 5.97 Å². The van der Waals surface area contributed by atoms with Gasteiger partial charge in [-0.25, -0.2) is 0 Å². The van der Waals surface area contributed by atoms with Crippen LogP contribution in [0.1, 0.15) is 148 Å². The van der Waals surface area contributed by atoms with Crippen LogP contribution in [0.4, 0.5) is 0 Å². The van der Waals surface area contributed by atoms with Crippen molar-refractivity contribution >= 4 is 13.8 Å². The van der Waals surface area contributed by atoms with Crippen LogP contribution in [0.15, 0.2) is 0 Å². The molecule has 0 aliphatic carbocycles. The molecule has 2 atom stereocenters. The lowest BCUT2D eigenvalue weighted by Gasteiger charge is -2.27. The van der Waals surface area contributed by atoms with Gasteiger partial charge in [0.1, 0.15) is 25.9 Å². The van der Waals surface area contributed by atoms with Crippen molar-refractivity contribution < 1.29 is 37.6 Å². The fourth-order valence-corrected chi connectivity index (χ4v) is 5.39. The maximum Gasteiger partial charge on any atom is 0.305 e. The van der Waals surface area contributed by atoms with E-state index in [9.17, 15) is 19.4 Å². The van der Waals surface area contributed by atoms with E-state index in [-0.39, 0.29) is 19.2 Å². The number of nitrogens with zero attached hydrogens (tertiary/aromatic N) is 1. The number of hydrogen-bond acceptors (Lipinski definition) is 7. The van der Waals surface area contributed by atoms with Gasteiger partial charge in [-0.3, -0.25) is 9.36 Å². The minimum absolute atomic E-state index is 0.00509. The third-order valence-electron chi connectivity index (χ3n) is 7.36. The number of hydrogen-bond donors (Lipinski definition) is 1. The first kappa shape index (κ1) is 40.5. The summed E-state index contributed by atoms with van der Waals surface area (Å²) in [5.74, 6) is -0.383. The minimum Gasteiger partial charge on any atom is -0.756 e. The minimum atomic E-state index is -4.49. The highest BCUT2D eigenvalue weighted by Gasteiger charge is 2.16. The van der Waals surface area contributed by atoms with Crippen molar-refractivity contribution in [3.05, 3.63) is 0 Å². The van der Waals surface area contributed by atoms with E-state index < -0.39 is 20.5 Å². The van der Waals surface area contributed by atoms with Gasteiger partial charge in [0.15, 0.2) is 0 Å². The van der Waals surface area contributed by atoms with Crippen LogP contribution < -0.4 is 4.89 Å². The molecule has 0 aliphatic rings. The molecule has 0 rings (SSSR count). The maximum absolute atomic E-state index is 11.9. The van der Waals surface area contributed by atoms with Gasteiger partial charge in [0, 0.05) is 6.42 Å². The van der Waals surface area contributed by atoms with Crippen molar-refractivity contribution in [2.24, 2.45) is 0 Å². The number of aliphatic hydroxyl groups excluding tert-OH is 1. The monoisotopic (exact) mass is 607 g/mol. The van der Waals surface area contributed by atoms with Crippen LogP contribution in [0, 0.1) is 0 Å². The number of aliphatic hydroxyl groups is 1. The van der Waals surface area contributed by atoms with Crippen LogP contribution in [0.25, 0.3) is 0 Å². The van der Waals surface area contributed by atoms with Crippen molar-refractivity contribution in [3.63, 3.8) is 0 Å². The predicted molar refractivity (Wildman–Crippen MR) is 167 cm³/mol. The van der Waals surface area contributed by atoms with Crippen molar-refractivity contribution in [2.45, 2.75) is 154 Å². The highest BCUT2D eigenvalue weighted by atomic mass is 31.2. The zero-order valence-corrected chi connectivity index (χ0v) is 28.1. The van der Waals surface area contributed by atoms with E-state index in [1.54, 1.807) is 0 Å². The highest BCUT2D eigenvalue weighted by molar-refractivity contribution is 7.45. The van der Waals surface area contributed by atoms with Crippen LogP contribution in [0.5, 0.6) is 0 Å². The summed E-state index contributed by atoms with van der Waals surface area (Å²) in [4.78, 5) is 23.6. The molecule has 0 aromatic rings. The van der Waals surface area contributed by atoms with Crippen LogP contribution in [0.3, 0.4) is 0 Å². The molecule has 0 spiro atoms. The lowest BCUT2D eigenvalue weighted by Crippen LogP contribution is -2.37. The Balaban J connectivity index is 3.41. The second-order valence-electron chi connectivity index (χ2n) is 12.7. The molecule has 0 radical (unpaired) electrons. The van der Waals surface area contributed by atoms with Gasteiger partial charge in [0.05, 0.1) is 27.7 Å². The quantitative estimate of drug-likeness (QED) is 0.0373. The van der Waals surface area contributed by atoms with Crippen LogP contribution in [-0.4, -0.2) is 69.2 Å². The number of likely N-dealkylation sites (N-methyl/N-ethyl adjacent to an activating group) is 1.